The van der Waals surface area contributed by atoms with Gasteiger partial charge in [0.15, 0.2) is 0 Å². The van der Waals surface area contributed by atoms with Crippen molar-refractivity contribution in [2.45, 2.75) is 26.2 Å². The average Bonchev–Trinajstić information content (AvgIpc) is 2.66. The maximum absolute atomic E-state index is 5.84. The van der Waals surface area contributed by atoms with Gasteiger partial charge in [0.2, 0.25) is 11.8 Å². The Morgan fingerprint density at radius 2 is 1.81 bits per heavy atom. The molecule has 0 amide bonds. The van der Waals surface area contributed by atoms with Crippen molar-refractivity contribution in [3.63, 3.8) is 0 Å². The Morgan fingerprint density at radius 1 is 1.12 bits per heavy atom. The van der Waals surface area contributed by atoms with Crippen molar-refractivity contribution in [2.24, 2.45) is 0 Å². The summed E-state index contributed by atoms with van der Waals surface area (Å²) >= 11 is 0. The minimum atomic E-state index is -0.144. The van der Waals surface area contributed by atoms with Gasteiger partial charge < -0.3 is 10.2 Å². The van der Waals surface area contributed by atoms with E-state index in [0.29, 0.717) is 17.5 Å². The van der Waals surface area contributed by atoms with Crippen LogP contribution in [0.2, 0.25) is 0 Å². The molecule has 0 atom stereocenters. The van der Waals surface area contributed by atoms with Gasteiger partial charge in [0.1, 0.15) is 0 Å². The van der Waals surface area contributed by atoms with Crippen molar-refractivity contribution in [1.82, 2.24) is 10.2 Å². The largest absolute Gasteiger partial charge is 0.420 e. The van der Waals surface area contributed by atoms with Crippen LogP contribution in [-0.4, -0.2) is 10.2 Å². The summed E-state index contributed by atoms with van der Waals surface area (Å²) in [7, 11) is 0. The number of rotatable bonds is 1. The van der Waals surface area contributed by atoms with Gasteiger partial charge in [-0.3, -0.25) is 0 Å². The molecule has 1 heterocycles. The van der Waals surface area contributed by atoms with Crippen LogP contribution in [0.1, 0.15) is 26.7 Å². The van der Waals surface area contributed by atoms with Gasteiger partial charge in [0, 0.05) is 11.1 Å². The number of anilines is 1. The quantitative estimate of drug-likeness (QED) is 0.746. The first-order valence-electron chi connectivity index (χ1n) is 5.17. The third-order valence-corrected chi connectivity index (χ3v) is 2.26. The molecule has 1 aromatic carbocycles. The molecule has 4 nitrogen and oxygen atoms in total. The fourth-order valence-corrected chi connectivity index (χ4v) is 1.33. The van der Waals surface area contributed by atoms with Gasteiger partial charge in [0.05, 0.1) is 5.56 Å². The number of nitrogen functional groups attached to an aromatic ring is 1. The zero-order valence-electron chi connectivity index (χ0n) is 9.69. The summed E-state index contributed by atoms with van der Waals surface area (Å²) in [4.78, 5) is 0. The van der Waals surface area contributed by atoms with Crippen LogP contribution in [0.5, 0.6) is 0 Å². The van der Waals surface area contributed by atoms with Crippen molar-refractivity contribution in [1.29, 1.82) is 0 Å². The second-order valence-corrected chi connectivity index (χ2v) is 4.75. The Morgan fingerprint density at radius 3 is 2.38 bits per heavy atom. The van der Waals surface area contributed by atoms with Crippen molar-refractivity contribution in [3.05, 3.63) is 30.2 Å². The first kappa shape index (κ1) is 10.7. The monoisotopic (exact) mass is 217 g/mol. The lowest BCUT2D eigenvalue weighted by molar-refractivity contribution is 0.399. The summed E-state index contributed by atoms with van der Waals surface area (Å²) < 4.78 is 5.61. The van der Waals surface area contributed by atoms with Crippen LogP contribution >= 0.6 is 0 Å². The zero-order valence-corrected chi connectivity index (χ0v) is 9.69. The highest BCUT2D eigenvalue weighted by atomic mass is 16.4. The van der Waals surface area contributed by atoms with E-state index in [1.807, 2.05) is 45.0 Å². The third kappa shape index (κ3) is 1.91. The molecule has 0 unspecified atom stereocenters. The Bertz CT molecular complexity index is 497. The lowest BCUT2D eigenvalue weighted by Gasteiger charge is -2.11. The average molecular weight is 217 g/mol. The molecular formula is C12H15N3O. The fraction of sp³-hybridized carbons (Fsp3) is 0.333. The van der Waals surface area contributed by atoms with Gasteiger partial charge >= 0.3 is 0 Å². The Balaban J connectivity index is 2.44. The maximum Gasteiger partial charge on any atom is 0.249 e. The molecule has 84 valence electrons. The maximum atomic E-state index is 5.84. The second-order valence-electron chi connectivity index (χ2n) is 4.75. The second kappa shape index (κ2) is 3.63. The van der Waals surface area contributed by atoms with Gasteiger partial charge in [0.25, 0.3) is 0 Å². The summed E-state index contributed by atoms with van der Waals surface area (Å²) in [5.41, 5.74) is 7.13. The predicted molar refractivity (Wildman–Crippen MR) is 62.8 cm³/mol. The van der Waals surface area contributed by atoms with E-state index in [2.05, 4.69) is 10.2 Å². The summed E-state index contributed by atoms with van der Waals surface area (Å²) in [5.74, 6) is 1.09. The standard InChI is InChI=1S/C12H15N3O/c1-12(2,3)11-15-14-10(16-11)8-6-4-5-7-9(8)13/h4-7H,13H2,1-3H3. The van der Waals surface area contributed by atoms with E-state index in [1.54, 1.807) is 0 Å². The fourth-order valence-electron chi connectivity index (χ4n) is 1.33. The van der Waals surface area contributed by atoms with Crippen LogP contribution < -0.4 is 5.73 Å². The minimum Gasteiger partial charge on any atom is -0.420 e. The first-order valence-corrected chi connectivity index (χ1v) is 5.17. The number of para-hydroxylation sites is 1. The normalized spacial score (nSPS) is 11.7. The molecule has 0 aliphatic rings. The molecule has 2 rings (SSSR count). The molecule has 0 aliphatic heterocycles. The number of nitrogens with zero attached hydrogens (tertiary/aromatic N) is 2. The van der Waals surface area contributed by atoms with E-state index >= 15 is 0 Å². The van der Waals surface area contributed by atoms with Crippen LogP contribution in [0.4, 0.5) is 5.69 Å². The lowest BCUT2D eigenvalue weighted by atomic mass is 9.97. The molecule has 0 radical (unpaired) electrons. The molecule has 0 saturated carbocycles. The predicted octanol–water partition coefficient (Wildman–Crippen LogP) is 2.62. The zero-order chi connectivity index (χ0) is 11.8. The van der Waals surface area contributed by atoms with Gasteiger partial charge in [-0.2, -0.15) is 0 Å². The van der Waals surface area contributed by atoms with Crippen LogP contribution in [0.3, 0.4) is 0 Å². The molecule has 0 fully saturated rings. The Labute approximate surface area is 94.5 Å². The summed E-state index contributed by atoms with van der Waals surface area (Å²) in [6.07, 6.45) is 0. The van der Waals surface area contributed by atoms with Crippen LogP contribution in [0.25, 0.3) is 11.5 Å². The molecule has 16 heavy (non-hydrogen) atoms. The number of aromatic nitrogens is 2. The SMILES string of the molecule is CC(C)(C)c1nnc(-c2ccccc2N)o1. The molecule has 0 spiro atoms. The van der Waals surface area contributed by atoms with Crippen molar-refractivity contribution < 1.29 is 4.42 Å². The molecular weight excluding hydrogens is 202 g/mol. The van der Waals surface area contributed by atoms with E-state index in [4.69, 9.17) is 10.2 Å². The molecule has 0 aliphatic carbocycles. The first-order chi connectivity index (χ1) is 7.48. The highest BCUT2D eigenvalue weighted by Gasteiger charge is 2.22. The summed E-state index contributed by atoms with van der Waals surface area (Å²) in [6.45, 7) is 6.08. The molecule has 0 saturated heterocycles. The molecule has 2 aromatic rings. The van der Waals surface area contributed by atoms with E-state index < -0.39 is 0 Å². The minimum absolute atomic E-state index is 0.144. The van der Waals surface area contributed by atoms with Crippen molar-refractivity contribution in [2.75, 3.05) is 5.73 Å². The van der Waals surface area contributed by atoms with E-state index in [0.717, 1.165) is 5.56 Å². The summed E-state index contributed by atoms with van der Waals surface area (Å²) in [6, 6.07) is 7.46. The van der Waals surface area contributed by atoms with E-state index in [-0.39, 0.29) is 5.41 Å². The number of benzene rings is 1. The number of hydrogen-bond acceptors (Lipinski definition) is 4. The molecule has 2 N–H and O–H groups in total. The highest BCUT2D eigenvalue weighted by molar-refractivity contribution is 5.69. The molecule has 4 heteroatoms. The smallest absolute Gasteiger partial charge is 0.249 e. The van der Waals surface area contributed by atoms with Gasteiger partial charge in [-0.05, 0) is 12.1 Å². The number of nitrogens with two attached hydrogens (primary N) is 1. The van der Waals surface area contributed by atoms with Gasteiger partial charge in [-0.25, -0.2) is 0 Å². The van der Waals surface area contributed by atoms with Crippen molar-refractivity contribution >= 4 is 5.69 Å². The van der Waals surface area contributed by atoms with Crippen LogP contribution in [0, 0.1) is 0 Å². The topological polar surface area (TPSA) is 64.9 Å². The molecule has 0 bridgehead atoms. The third-order valence-electron chi connectivity index (χ3n) is 2.26. The Hall–Kier alpha value is -1.84. The molecule has 1 aromatic heterocycles. The van der Waals surface area contributed by atoms with E-state index in [1.165, 1.54) is 0 Å². The Kier molecular flexibility index (Phi) is 2.42. The van der Waals surface area contributed by atoms with Crippen LogP contribution in [-0.2, 0) is 5.41 Å². The van der Waals surface area contributed by atoms with E-state index in [9.17, 15) is 0 Å². The van der Waals surface area contributed by atoms with Crippen molar-refractivity contribution in [3.8, 4) is 11.5 Å². The van der Waals surface area contributed by atoms with Gasteiger partial charge in [-0.15, -0.1) is 10.2 Å². The number of hydrogen-bond donors (Lipinski definition) is 1. The van der Waals surface area contributed by atoms with Gasteiger partial charge in [-0.1, -0.05) is 32.9 Å². The summed E-state index contributed by atoms with van der Waals surface area (Å²) in [5, 5.41) is 8.05. The van der Waals surface area contributed by atoms with Crippen LogP contribution in [0.15, 0.2) is 28.7 Å². The lowest BCUT2D eigenvalue weighted by Crippen LogP contribution is -2.11. The highest BCUT2D eigenvalue weighted by Crippen LogP contribution is 2.28.